The van der Waals surface area contributed by atoms with Crippen molar-refractivity contribution in [2.75, 3.05) is 7.11 Å². The van der Waals surface area contributed by atoms with Gasteiger partial charge in [0, 0.05) is 30.3 Å². The Balaban J connectivity index is 1.92. The summed E-state index contributed by atoms with van der Waals surface area (Å²) >= 11 is 5.87. The minimum absolute atomic E-state index is 0.162. The van der Waals surface area contributed by atoms with Crippen molar-refractivity contribution < 1.29 is 18.3 Å². The van der Waals surface area contributed by atoms with Gasteiger partial charge in [0.05, 0.1) is 6.10 Å². The van der Waals surface area contributed by atoms with E-state index >= 15 is 0 Å². The maximum atomic E-state index is 12.3. The fourth-order valence-corrected chi connectivity index (χ4v) is 2.27. The van der Waals surface area contributed by atoms with Gasteiger partial charge in [-0.25, -0.2) is 0 Å². The smallest absolute Gasteiger partial charge is 0.387 e. The first-order valence-electron chi connectivity index (χ1n) is 6.08. The third-order valence-electron chi connectivity index (χ3n) is 3.25. The summed E-state index contributed by atoms with van der Waals surface area (Å²) in [5.41, 5.74) is 0.633. The Morgan fingerprint density at radius 2 is 2.16 bits per heavy atom. The molecule has 0 aromatic heterocycles. The van der Waals surface area contributed by atoms with Crippen molar-refractivity contribution in [3.63, 3.8) is 0 Å². The number of ether oxygens (including phenoxy) is 2. The van der Waals surface area contributed by atoms with Crippen LogP contribution in [0.25, 0.3) is 0 Å². The van der Waals surface area contributed by atoms with Crippen LogP contribution in [0.2, 0.25) is 5.02 Å². The summed E-state index contributed by atoms with van der Waals surface area (Å²) in [6.07, 6.45) is 2.16. The molecule has 0 heterocycles. The fourth-order valence-electron chi connectivity index (χ4n) is 2.08. The normalized spacial score (nSPS) is 22.4. The number of nitrogens with one attached hydrogen (secondary N) is 1. The van der Waals surface area contributed by atoms with Crippen LogP contribution in [0.5, 0.6) is 5.75 Å². The summed E-state index contributed by atoms with van der Waals surface area (Å²) in [5, 5.41) is 3.78. The van der Waals surface area contributed by atoms with Crippen LogP contribution >= 0.6 is 11.6 Å². The molecule has 0 bridgehead atoms. The van der Waals surface area contributed by atoms with Gasteiger partial charge in [0.25, 0.3) is 0 Å². The summed E-state index contributed by atoms with van der Waals surface area (Å²) in [6.45, 7) is -2.38. The molecule has 1 aromatic rings. The molecule has 1 saturated carbocycles. The van der Waals surface area contributed by atoms with Crippen LogP contribution in [0.3, 0.4) is 0 Å². The van der Waals surface area contributed by atoms with Gasteiger partial charge >= 0.3 is 6.61 Å². The van der Waals surface area contributed by atoms with Gasteiger partial charge in [0.1, 0.15) is 5.75 Å². The summed E-state index contributed by atoms with van der Waals surface area (Å²) < 4.78 is 34.2. The van der Waals surface area contributed by atoms with Gasteiger partial charge in [-0.3, -0.25) is 0 Å². The van der Waals surface area contributed by atoms with Crippen LogP contribution in [0.1, 0.15) is 18.4 Å². The van der Waals surface area contributed by atoms with E-state index in [1.165, 1.54) is 12.1 Å². The van der Waals surface area contributed by atoms with Crippen LogP contribution in [0, 0.1) is 0 Å². The molecule has 0 unspecified atom stereocenters. The Bertz CT molecular complexity index is 425. The van der Waals surface area contributed by atoms with Crippen LogP contribution in [0.15, 0.2) is 18.2 Å². The lowest BCUT2D eigenvalue weighted by Gasteiger charge is -2.35. The molecule has 0 saturated heterocycles. The molecule has 1 aromatic carbocycles. The average molecular weight is 292 g/mol. The predicted octanol–water partition coefficient (Wildman–Crippen LogP) is 3.21. The molecular formula is C13H16ClF2NO2. The van der Waals surface area contributed by atoms with Crippen molar-refractivity contribution in [2.45, 2.75) is 38.1 Å². The van der Waals surface area contributed by atoms with Crippen molar-refractivity contribution in [2.24, 2.45) is 0 Å². The van der Waals surface area contributed by atoms with Crippen LogP contribution < -0.4 is 10.1 Å². The molecule has 1 N–H and O–H groups in total. The molecule has 0 radical (unpaired) electrons. The zero-order valence-electron chi connectivity index (χ0n) is 10.5. The third-order valence-corrected chi connectivity index (χ3v) is 3.48. The number of hydrogen-bond donors (Lipinski definition) is 1. The first kappa shape index (κ1) is 14.5. The zero-order chi connectivity index (χ0) is 13.8. The molecule has 3 nitrogen and oxygen atoms in total. The Morgan fingerprint density at radius 1 is 1.42 bits per heavy atom. The van der Waals surface area contributed by atoms with Crippen LogP contribution in [-0.4, -0.2) is 25.9 Å². The molecule has 2 rings (SSSR count). The number of halogens is 3. The molecule has 106 valence electrons. The molecule has 19 heavy (non-hydrogen) atoms. The number of rotatable bonds is 6. The SMILES string of the molecule is COC1CC(NCc2cc(Cl)ccc2OC(F)F)C1. The van der Waals surface area contributed by atoms with Crippen molar-refractivity contribution in [3.8, 4) is 5.75 Å². The van der Waals surface area contributed by atoms with Gasteiger partial charge in [-0.2, -0.15) is 8.78 Å². The Kier molecular flexibility index (Phi) is 4.96. The molecule has 0 atom stereocenters. The van der Waals surface area contributed by atoms with Gasteiger partial charge in [0.2, 0.25) is 0 Å². The summed E-state index contributed by atoms with van der Waals surface area (Å²) in [4.78, 5) is 0. The second kappa shape index (κ2) is 6.50. The second-order valence-electron chi connectivity index (χ2n) is 4.54. The monoisotopic (exact) mass is 291 g/mol. The highest BCUT2D eigenvalue weighted by Gasteiger charge is 2.28. The molecule has 0 spiro atoms. The Labute approximate surface area is 115 Å². The van der Waals surface area contributed by atoms with E-state index in [4.69, 9.17) is 16.3 Å². The maximum Gasteiger partial charge on any atom is 0.387 e. The highest BCUT2D eigenvalue weighted by Crippen LogP contribution is 2.27. The first-order valence-corrected chi connectivity index (χ1v) is 6.45. The van der Waals surface area contributed by atoms with Gasteiger partial charge in [-0.05, 0) is 31.0 Å². The molecule has 0 aliphatic heterocycles. The van der Waals surface area contributed by atoms with Crippen molar-refractivity contribution in [1.82, 2.24) is 5.32 Å². The minimum Gasteiger partial charge on any atom is -0.434 e. The molecule has 0 amide bonds. The van der Waals surface area contributed by atoms with Crippen molar-refractivity contribution >= 4 is 11.6 Å². The fraction of sp³-hybridized carbons (Fsp3) is 0.538. The van der Waals surface area contributed by atoms with Gasteiger partial charge in [0.15, 0.2) is 0 Å². The summed E-state index contributed by atoms with van der Waals surface area (Å²) in [6, 6.07) is 4.99. The lowest BCUT2D eigenvalue weighted by molar-refractivity contribution is -0.0505. The first-order chi connectivity index (χ1) is 9.08. The van der Waals surface area contributed by atoms with E-state index in [9.17, 15) is 8.78 Å². The molecule has 1 fully saturated rings. The molecule has 1 aliphatic rings. The van der Waals surface area contributed by atoms with Crippen molar-refractivity contribution in [3.05, 3.63) is 28.8 Å². The number of methoxy groups -OCH3 is 1. The number of alkyl halides is 2. The number of hydrogen-bond acceptors (Lipinski definition) is 3. The minimum atomic E-state index is -2.83. The van der Waals surface area contributed by atoms with E-state index in [0.29, 0.717) is 29.3 Å². The van der Waals surface area contributed by atoms with E-state index in [2.05, 4.69) is 10.1 Å². The average Bonchev–Trinajstić information content (AvgIpc) is 2.30. The lowest BCUT2D eigenvalue weighted by atomic mass is 9.89. The predicted molar refractivity (Wildman–Crippen MR) is 68.7 cm³/mol. The van der Waals surface area contributed by atoms with E-state index < -0.39 is 6.61 Å². The standard InChI is InChI=1S/C13H16ClF2NO2/c1-18-11-5-10(6-11)17-7-8-4-9(14)2-3-12(8)19-13(15)16/h2-4,10-11,13,17H,5-7H2,1H3. The quantitative estimate of drug-likeness (QED) is 0.873. The topological polar surface area (TPSA) is 30.5 Å². The zero-order valence-corrected chi connectivity index (χ0v) is 11.3. The van der Waals surface area contributed by atoms with Crippen LogP contribution in [0.4, 0.5) is 8.78 Å². The van der Waals surface area contributed by atoms with Gasteiger partial charge < -0.3 is 14.8 Å². The number of benzene rings is 1. The van der Waals surface area contributed by atoms with E-state index in [-0.39, 0.29) is 5.75 Å². The molecular weight excluding hydrogens is 276 g/mol. The lowest BCUT2D eigenvalue weighted by Crippen LogP contribution is -2.44. The second-order valence-corrected chi connectivity index (χ2v) is 4.97. The Hall–Kier alpha value is -0.910. The van der Waals surface area contributed by atoms with Crippen LogP contribution in [-0.2, 0) is 11.3 Å². The van der Waals surface area contributed by atoms with Gasteiger partial charge in [-0.1, -0.05) is 11.6 Å². The molecule has 6 heteroatoms. The van der Waals surface area contributed by atoms with E-state index in [0.717, 1.165) is 12.8 Å². The van der Waals surface area contributed by atoms with Crippen molar-refractivity contribution in [1.29, 1.82) is 0 Å². The largest absolute Gasteiger partial charge is 0.434 e. The third kappa shape index (κ3) is 4.03. The maximum absolute atomic E-state index is 12.3. The highest BCUT2D eigenvalue weighted by molar-refractivity contribution is 6.30. The molecule has 1 aliphatic carbocycles. The Morgan fingerprint density at radius 3 is 2.79 bits per heavy atom. The highest BCUT2D eigenvalue weighted by atomic mass is 35.5. The van der Waals surface area contributed by atoms with E-state index in [1.807, 2.05) is 0 Å². The van der Waals surface area contributed by atoms with Gasteiger partial charge in [-0.15, -0.1) is 0 Å². The summed E-state index contributed by atoms with van der Waals surface area (Å²) in [7, 11) is 1.69. The summed E-state index contributed by atoms with van der Waals surface area (Å²) in [5.74, 6) is 0.162. The van der Waals surface area contributed by atoms with E-state index in [1.54, 1.807) is 13.2 Å².